The topological polar surface area (TPSA) is 15.3 Å². The first-order valence-electron chi connectivity index (χ1n) is 7.57. The Morgan fingerprint density at radius 3 is 2.61 bits per heavy atom. The van der Waals surface area contributed by atoms with E-state index in [2.05, 4.69) is 42.9 Å². The molecule has 2 nitrogen and oxygen atoms in total. The maximum absolute atomic E-state index is 3.28. The largest absolute Gasteiger partial charge is 0.320 e. The summed E-state index contributed by atoms with van der Waals surface area (Å²) in [7, 11) is 2.07. The molecule has 3 heteroatoms. The van der Waals surface area contributed by atoms with E-state index in [1.54, 1.807) is 0 Å². The van der Waals surface area contributed by atoms with Gasteiger partial charge in [-0.2, -0.15) is 11.8 Å². The van der Waals surface area contributed by atoms with Crippen molar-refractivity contribution in [2.24, 2.45) is 11.3 Å². The monoisotopic (exact) mass is 270 g/mol. The molecular formula is C15H30N2S. The molecule has 2 saturated heterocycles. The molecule has 0 amide bonds. The standard InChI is InChI=1S/C15H30N2S/c1-15(2)10-14(11-18-12-15)17-8-5-13(6-9-17)4-7-16-3/h13-14,16H,4-12H2,1-3H3. The lowest BCUT2D eigenvalue weighted by Gasteiger charge is -2.43. The van der Waals surface area contributed by atoms with Crippen molar-refractivity contribution in [1.29, 1.82) is 0 Å². The fourth-order valence-corrected chi connectivity index (χ4v) is 4.81. The second-order valence-electron chi connectivity index (χ2n) is 6.91. The van der Waals surface area contributed by atoms with Gasteiger partial charge in [-0.3, -0.25) is 4.90 Å². The van der Waals surface area contributed by atoms with E-state index in [1.165, 1.54) is 56.8 Å². The smallest absolute Gasteiger partial charge is 0.0191 e. The highest BCUT2D eigenvalue weighted by molar-refractivity contribution is 7.99. The quantitative estimate of drug-likeness (QED) is 0.846. The Morgan fingerprint density at radius 1 is 1.28 bits per heavy atom. The molecule has 106 valence electrons. The molecule has 0 aromatic carbocycles. The number of nitrogens with zero attached hydrogens (tertiary/aromatic N) is 1. The average Bonchev–Trinajstić information content (AvgIpc) is 2.36. The summed E-state index contributed by atoms with van der Waals surface area (Å²) in [4.78, 5) is 2.78. The van der Waals surface area contributed by atoms with Crippen LogP contribution in [0, 0.1) is 11.3 Å². The molecule has 0 spiro atoms. The third-order valence-corrected chi connectivity index (χ3v) is 6.17. The van der Waals surface area contributed by atoms with E-state index in [9.17, 15) is 0 Å². The number of hydrogen-bond donors (Lipinski definition) is 1. The Kier molecular flexibility index (Phi) is 5.40. The van der Waals surface area contributed by atoms with Crippen molar-refractivity contribution in [3.05, 3.63) is 0 Å². The van der Waals surface area contributed by atoms with Gasteiger partial charge in [0.15, 0.2) is 0 Å². The molecule has 0 bridgehead atoms. The van der Waals surface area contributed by atoms with E-state index in [-0.39, 0.29) is 0 Å². The second kappa shape index (κ2) is 6.62. The Labute approximate surface area is 117 Å². The van der Waals surface area contributed by atoms with Gasteiger partial charge in [0, 0.05) is 11.8 Å². The van der Waals surface area contributed by atoms with Crippen LogP contribution in [-0.2, 0) is 0 Å². The molecule has 18 heavy (non-hydrogen) atoms. The van der Waals surface area contributed by atoms with Crippen molar-refractivity contribution in [1.82, 2.24) is 10.2 Å². The van der Waals surface area contributed by atoms with Crippen molar-refractivity contribution in [2.45, 2.75) is 45.6 Å². The minimum atomic E-state index is 0.552. The molecule has 0 aromatic rings. The predicted octanol–water partition coefficient (Wildman–Crippen LogP) is 2.84. The van der Waals surface area contributed by atoms with Crippen LogP contribution in [0.25, 0.3) is 0 Å². The minimum Gasteiger partial charge on any atom is -0.320 e. The van der Waals surface area contributed by atoms with Crippen LogP contribution in [0.4, 0.5) is 0 Å². The van der Waals surface area contributed by atoms with Gasteiger partial charge in [-0.05, 0) is 69.5 Å². The van der Waals surface area contributed by atoms with Gasteiger partial charge in [0.05, 0.1) is 0 Å². The fourth-order valence-electron chi connectivity index (χ4n) is 3.42. The Morgan fingerprint density at radius 2 is 2.00 bits per heavy atom. The zero-order chi connectivity index (χ0) is 13.0. The Bertz CT molecular complexity index is 247. The number of likely N-dealkylation sites (tertiary alicyclic amines) is 1. The molecule has 2 aliphatic rings. The lowest BCUT2D eigenvalue weighted by Crippen LogP contribution is -2.47. The number of nitrogens with one attached hydrogen (secondary N) is 1. The van der Waals surface area contributed by atoms with Crippen LogP contribution in [0.1, 0.15) is 39.5 Å². The molecule has 1 N–H and O–H groups in total. The highest BCUT2D eigenvalue weighted by Gasteiger charge is 2.33. The van der Waals surface area contributed by atoms with Gasteiger partial charge in [-0.1, -0.05) is 13.8 Å². The van der Waals surface area contributed by atoms with Crippen LogP contribution >= 0.6 is 11.8 Å². The third kappa shape index (κ3) is 4.14. The van der Waals surface area contributed by atoms with Gasteiger partial charge >= 0.3 is 0 Å². The van der Waals surface area contributed by atoms with Gasteiger partial charge in [0.25, 0.3) is 0 Å². The van der Waals surface area contributed by atoms with E-state index < -0.39 is 0 Å². The molecule has 1 unspecified atom stereocenters. The molecule has 0 aliphatic carbocycles. The van der Waals surface area contributed by atoms with Gasteiger partial charge in [0.2, 0.25) is 0 Å². The number of rotatable bonds is 4. The third-order valence-electron chi connectivity index (χ3n) is 4.56. The van der Waals surface area contributed by atoms with Crippen molar-refractivity contribution in [3.63, 3.8) is 0 Å². The number of thioether (sulfide) groups is 1. The van der Waals surface area contributed by atoms with Gasteiger partial charge in [-0.25, -0.2) is 0 Å². The first kappa shape index (κ1) is 14.7. The van der Waals surface area contributed by atoms with E-state index in [1.807, 2.05) is 0 Å². The molecule has 2 fully saturated rings. The first-order chi connectivity index (χ1) is 8.61. The summed E-state index contributed by atoms with van der Waals surface area (Å²) in [5.74, 6) is 3.69. The van der Waals surface area contributed by atoms with E-state index in [4.69, 9.17) is 0 Å². The van der Waals surface area contributed by atoms with Crippen LogP contribution < -0.4 is 5.32 Å². The zero-order valence-electron chi connectivity index (χ0n) is 12.4. The first-order valence-corrected chi connectivity index (χ1v) is 8.72. The van der Waals surface area contributed by atoms with Crippen LogP contribution in [-0.4, -0.2) is 49.1 Å². The molecule has 0 aromatic heterocycles. The minimum absolute atomic E-state index is 0.552. The molecule has 1 atom stereocenters. The molecule has 2 rings (SSSR count). The molecule has 2 aliphatic heterocycles. The van der Waals surface area contributed by atoms with Crippen LogP contribution in [0.5, 0.6) is 0 Å². The summed E-state index contributed by atoms with van der Waals surface area (Å²) in [6, 6.07) is 0.851. The Hall–Kier alpha value is 0.270. The maximum Gasteiger partial charge on any atom is 0.0191 e. The van der Waals surface area contributed by atoms with Crippen molar-refractivity contribution >= 4 is 11.8 Å². The van der Waals surface area contributed by atoms with Gasteiger partial charge in [-0.15, -0.1) is 0 Å². The summed E-state index contributed by atoms with van der Waals surface area (Å²) in [6.45, 7) is 8.75. The lowest BCUT2D eigenvalue weighted by molar-refractivity contribution is 0.110. The maximum atomic E-state index is 3.28. The molecule has 0 radical (unpaired) electrons. The lowest BCUT2D eigenvalue weighted by atomic mass is 9.85. The van der Waals surface area contributed by atoms with Crippen molar-refractivity contribution in [2.75, 3.05) is 38.2 Å². The predicted molar refractivity (Wildman–Crippen MR) is 82.4 cm³/mol. The summed E-state index contributed by atoms with van der Waals surface area (Å²) in [5.41, 5.74) is 0.552. The highest BCUT2D eigenvalue weighted by atomic mass is 32.2. The van der Waals surface area contributed by atoms with E-state index in [0.29, 0.717) is 5.41 Å². The molecule has 0 saturated carbocycles. The van der Waals surface area contributed by atoms with E-state index >= 15 is 0 Å². The van der Waals surface area contributed by atoms with Gasteiger partial charge in [0.1, 0.15) is 0 Å². The Balaban J connectivity index is 1.75. The zero-order valence-corrected chi connectivity index (χ0v) is 13.2. The van der Waals surface area contributed by atoms with Gasteiger partial charge < -0.3 is 5.32 Å². The number of piperidine rings is 1. The summed E-state index contributed by atoms with van der Waals surface area (Å²) in [6.07, 6.45) is 5.61. The summed E-state index contributed by atoms with van der Waals surface area (Å²) >= 11 is 2.17. The van der Waals surface area contributed by atoms with Crippen molar-refractivity contribution in [3.8, 4) is 0 Å². The molecular weight excluding hydrogens is 240 g/mol. The molecule has 2 heterocycles. The highest BCUT2D eigenvalue weighted by Crippen LogP contribution is 2.36. The summed E-state index contributed by atoms with van der Waals surface area (Å²) < 4.78 is 0. The average molecular weight is 270 g/mol. The van der Waals surface area contributed by atoms with Crippen LogP contribution in [0.3, 0.4) is 0 Å². The SMILES string of the molecule is CNCCC1CCN(C2CSCC(C)(C)C2)CC1. The fraction of sp³-hybridized carbons (Fsp3) is 1.00. The van der Waals surface area contributed by atoms with Crippen LogP contribution in [0.2, 0.25) is 0 Å². The normalized spacial score (nSPS) is 30.5. The van der Waals surface area contributed by atoms with Crippen LogP contribution in [0.15, 0.2) is 0 Å². The number of hydrogen-bond acceptors (Lipinski definition) is 3. The summed E-state index contributed by atoms with van der Waals surface area (Å²) in [5, 5.41) is 3.28. The second-order valence-corrected chi connectivity index (χ2v) is 7.94. The van der Waals surface area contributed by atoms with E-state index in [0.717, 1.165) is 12.0 Å². The van der Waals surface area contributed by atoms with Crippen molar-refractivity contribution < 1.29 is 0 Å².